The molecule has 0 N–H and O–H groups in total. The third-order valence-electron chi connectivity index (χ3n) is 3.15. The van der Waals surface area contributed by atoms with Crippen molar-refractivity contribution in [2.24, 2.45) is 0 Å². The molecule has 0 fully saturated rings. The van der Waals surface area contributed by atoms with Gasteiger partial charge in [0.1, 0.15) is 17.2 Å². The molecule has 6 heteroatoms. The molecule has 3 aromatic rings. The van der Waals surface area contributed by atoms with E-state index in [0.29, 0.717) is 12.0 Å². The topological polar surface area (TPSA) is 60.7 Å². The summed E-state index contributed by atoms with van der Waals surface area (Å²) < 4.78 is 1.92. The molecule has 0 atom stereocenters. The van der Waals surface area contributed by atoms with E-state index >= 15 is 0 Å². The van der Waals surface area contributed by atoms with Gasteiger partial charge < -0.3 is 0 Å². The number of Topliss-reactive ketones (excluding diaryl/α,β-unsaturated/α-hetero) is 1. The van der Waals surface area contributed by atoms with Gasteiger partial charge in [0.05, 0.1) is 6.42 Å². The normalized spacial score (nSPS) is 10.8. The molecule has 2 heterocycles. The average molecular weight is 298 g/mol. The minimum Gasteiger partial charge on any atom is -0.295 e. The average Bonchev–Trinajstić information content (AvgIpc) is 3.09. The second-order valence-corrected chi connectivity index (χ2v) is 5.72. The summed E-state index contributed by atoms with van der Waals surface area (Å²) in [6.45, 7) is 3.54. The second-order valence-electron chi connectivity index (χ2n) is 4.78. The first kappa shape index (κ1) is 13.6. The molecule has 0 saturated carbocycles. The number of ketones is 1. The highest BCUT2D eigenvalue weighted by Crippen LogP contribution is 2.16. The molecule has 0 amide bonds. The van der Waals surface area contributed by atoms with Gasteiger partial charge >= 0.3 is 0 Å². The number of rotatable bonds is 4. The van der Waals surface area contributed by atoms with E-state index in [1.807, 2.05) is 41.1 Å². The van der Waals surface area contributed by atoms with Crippen LogP contribution < -0.4 is 0 Å². The molecule has 0 radical (unpaired) electrons. The van der Waals surface area contributed by atoms with Crippen LogP contribution in [0.4, 0.5) is 0 Å². The zero-order valence-corrected chi connectivity index (χ0v) is 12.6. The minimum atomic E-state index is 0.0591. The van der Waals surface area contributed by atoms with Crippen LogP contribution in [0.2, 0.25) is 0 Å². The zero-order chi connectivity index (χ0) is 14.8. The number of carbonyl (C=O) groups excluding carboxylic acids is 1. The molecule has 1 aromatic carbocycles. The van der Waals surface area contributed by atoms with Gasteiger partial charge in [-0.25, -0.2) is 4.98 Å². The first-order valence-corrected chi connectivity index (χ1v) is 7.43. The molecule has 0 unspecified atom stereocenters. The van der Waals surface area contributed by atoms with Gasteiger partial charge in [-0.05, 0) is 38.1 Å². The van der Waals surface area contributed by atoms with Crippen molar-refractivity contribution in [3.05, 3.63) is 58.1 Å². The van der Waals surface area contributed by atoms with Crippen LogP contribution in [0.5, 0.6) is 0 Å². The fraction of sp³-hybridized carbons (Fsp3) is 0.200. The van der Waals surface area contributed by atoms with E-state index in [0.717, 1.165) is 22.2 Å². The Bertz CT molecular complexity index is 773. The van der Waals surface area contributed by atoms with Crippen LogP contribution in [0.25, 0.3) is 5.69 Å². The summed E-state index contributed by atoms with van der Waals surface area (Å²) >= 11 is 1.62. The summed E-state index contributed by atoms with van der Waals surface area (Å²) in [4.78, 5) is 15.8. The number of aromatic nitrogens is 4. The van der Waals surface area contributed by atoms with E-state index in [1.54, 1.807) is 24.6 Å². The molecule has 0 aliphatic carbocycles. The molecule has 5 nitrogen and oxygen atoms in total. The van der Waals surface area contributed by atoms with Crippen LogP contribution in [-0.2, 0) is 6.42 Å². The van der Waals surface area contributed by atoms with Crippen molar-refractivity contribution in [2.75, 3.05) is 0 Å². The summed E-state index contributed by atoms with van der Waals surface area (Å²) in [5.41, 5.74) is 2.66. The molecule has 0 aliphatic rings. The Labute approximate surface area is 126 Å². The van der Waals surface area contributed by atoms with Gasteiger partial charge in [-0.1, -0.05) is 0 Å². The molecule has 0 aliphatic heterocycles. The number of nitrogens with zero attached hydrogens (tertiary/aromatic N) is 4. The van der Waals surface area contributed by atoms with Crippen LogP contribution in [-0.4, -0.2) is 25.5 Å². The second kappa shape index (κ2) is 5.57. The fourth-order valence-corrected chi connectivity index (χ4v) is 2.84. The molecule has 106 valence electrons. The lowest BCUT2D eigenvalue weighted by Gasteiger charge is -2.06. The van der Waals surface area contributed by atoms with E-state index in [9.17, 15) is 4.79 Å². The summed E-state index contributed by atoms with van der Waals surface area (Å²) in [5.74, 6) is 0.892. The van der Waals surface area contributed by atoms with Crippen LogP contribution in [0, 0.1) is 6.92 Å². The SMILES string of the molecule is CC(=O)c1ccc(-n2cnnc2Cc2nc(C)cs2)cc1. The molecule has 3 rings (SSSR count). The van der Waals surface area contributed by atoms with Crippen molar-refractivity contribution in [3.8, 4) is 5.69 Å². The van der Waals surface area contributed by atoms with E-state index in [2.05, 4.69) is 15.2 Å². The minimum absolute atomic E-state index is 0.0591. The molecule has 2 aromatic heterocycles. The monoisotopic (exact) mass is 298 g/mol. The maximum Gasteiger partial charge on any atom is 0.159 e. The number of aryl methyl sites for hydroxylation is 1. The maximum atomic E-state index is 11.3. The van der Waals surface area contributed by atoms with Crippen molar-refractivity contribution in [1.29, 1.82) is 0 Å². The van der Waals surface area contributed by atoms with Gasteiger partial charge in [-0.2, -0.15) is 0 Å². The molecule has 0 bridgehead atoms. The largest absolute Gasteiger partial charge is 0.295 e. The van der Waals surface area contributed by atoms with E-state index < -0.39 is 0 Å². The van der Waals surface area contributed by atoms with Crippen LogP contribution >= 0.6 is 11.3 Å². The molecular weight excluding hydrogens is 284 g/mol. The maximum absolute atomic E-state index is 11.3. The van der Waals surface area contributed by atoms with E-state index in [-0.39, 0.29) is 5.78 Å². The Balaban J connectivity index is 1.89. The smallest absolute Gasteiger partial charge is 0.159 e. The number of thiazole rings is 1. The molecule has 0 saturated heterocycles. The van der Waals surface area contributed by atoms with Crippen molar-refractivity contribution in [3.63, 3.8) is 0 Å². The van der Waals surface area contributed by atoms with Gasteiger partial charge in [0.2, 0.25) is 0 Å². The Morgan fingerprint density at radius 1 is 1.29 bits per heavy atom. The lowest BCUT2D eigenvalue weighted by molar-refractivity contribution is 0.101. The predicted octanol–water partition coefficient (Wildman–Crippen LogP) is 2.83. The van der Waals surface area contributed by atoms with E-state index in [1.165, 1.54) is 0 Å². The van der Waals surface area contributed by atoms with Gasteiger partial charge in [-0.15, -0.1) is 21.5 Å². The summed E-state index contributed by atoms with van der Waals surface area (Å²) in [5, 5.41) is 11.2. The lowest BCUT2D eigenvalue weighted by atomic mass is 10.1. The van der Waals surface area contributed by atoms with Crippen molar-refractivity contribution < 1.29 is 4.79 Å². The first-order chi connectivity index (χ1) is 10.1. The summed E-state index contributed by atoms with van der Waals surface area (Å²) in [6, 6.07) is 7.43. The Morgan fingerprint density at radius 3 is 2.67 bits per heavy atom. The van der Waals surface area contributed by atoms with Gasteiger partial charge in [0.25, 0.3) is 0 Å². The number of carbonyl (C=O) groups is 1. The number of benzene rings is 1. The summed E-state index contributed by atoms with van der Waals surface area (Å²) in [7, 11) is 0. The van der Waals surface area contributed by atoms with Crippen molar-refractivity contribution in [2.45, 2.75) is 20.3 Å². The highest BCUT2D eigenvalue weighted by molar-refractivity contribution is 7.09. The Kier molecular flexibility index (Phi) is 3.62. The summed E-state index contributed by atoms with van der Waals surface area (Å²) in [6.07, 6.45) is 2.32. The van der Waals surface area contributed by atoms with Crippen LogP contribution in [0.3, 0.4) is 0 Å². The van der Waals surface area contributed by atoms with Crippen molar-refractivity contribution in [1.82, 2.24) is 19.7 Å². The molecular formula is C15H14N4OS. The predicted molar refractivity (Wildman–Crippen MR) is 81.0 cm³/mol. The molecule has 0 spiro atoms. The van der Waals surface area contributed by atoms with E-state index in [4.69, 9.17) is 0 Å². The van der Waals surface area contributed by atoms with Gasteiger partial charge in [0, 0.05) is 22.3 Å². The fourth-order valence-electron chi connectivity index (χ4n) is 2.07. The standard InChI is InChI=1S/C15H14N4OS/c1-10-8-21-15(17-10)7-14-18-16-9-19(14)13-5-3-12(4-6-13)11(2)20/h3-6,8-9H,7H2,1-2H3. The quantitative estimate of drug-likeness (QED) is 0.695. The van der Waals surface area contributed by atoms with Crippen LogP contribution in [0.1, 0.15) is 33.8 Å². The number of hydrogen-bond donors (Lipinski definition) is 0. The third kappa shape index (κ3) is 2.90. The lowest BCUT2D eigenvalue weighted by Crippen LogP contribution is -2.02. The molecule has 21 heavy (non-hydrogen) atoms. The van der Waals surface area contributed by atoms with Gasteiger partial charge in [0.15, 0.2) is 5.78 Å². The van der Waals surface area contributed by atoms with Gasteiger partial charge in [-0.3, -0.25) is 9.36 Å². The zero-order valence-electron chi connectivity index (χ0n) is 11.8. The number of hydrogen-bond acceptors (Lipinski definition) is 5. The highest BCUT2D eigenvalue weighted by atomic mass is 32.1. The first-order valence-electron chi connectivity index (χ1n) is 6.55. The highest BCUT2D eigenvalue weighted by Gasteiger charge is 2.10. The van der Waals surface area contributed by atoms with Crippen molar-refractivity contribution >= 4 is 17.1 Å². The van der Waals surface area contributed by atoms with Crippen LogP contribution in [0.15, 0.2) is 36.0 Å². The Hall–Kier alpha value is -2.34. The Morgan fingerprint density at radius 2 is 2.05 bits per heavy atom. The third-order valence-corrected chi connectivity index (χ3v) is 4.11.